The van der Waals surface area contributed by atoms with Crippen LogP contribution >= 0.6 is 0 Å². The van der Waals surface area contributed by atoms with Crippen LogP contribution in [0.1, 0.15) is 31.2 Å². The van der Waals surface area contributed by atoms with Crippen molar-refractivity contribution < 1.29 is 18.7 Å². The maximum absolute atomic E-state index is 13.5. The van der Waals surface area contributed by atoms with Gasteiger partial charge in [0.25, 0.3) is 0 Å². The summed E-state index contributed by atoms with van der Waals surface area (Å²) in [7, 11) is 0. The van der Waals surface area contributed by atoms with Gasteiger partial charge in [-0.3, -0.25) is 4.79 Å². The lowest BCUT2D eigenvalue weighted by Crippen LogP contribution is -2.49. The highest BCUT2D eigenvalue weighted by molar-refractivity contribution is 5.89. The summed E-state index contributed by atoms with van der Waals surface area (Å²) in [6.07, 6.45) is 3.27. The van der Waals surface area contributed by atoms with Crippen LogP contribution in [0.2, 0.25) is 0 Å². The number of rotatable bonds is 3. The number of benzene rings is 1. The largest absolute Gasteiger partial charge is 0.381 e. The van der Waals surface area contributed by atoms with E-state index in [2.05, 4.69) is 10.6 Å². The Labute approximate surface area is 153 Å². The molecule has 0 saturated carbocycles. The topological polar surface area (TPSA) is 70.7 Å². The Morgan fingerprint density at radius 2 is 2.00 bits per heavy atom. The number of hydrogen-bond acceptors (Lipinski definition) is 3. The van der Waals surface area contributed by atoms with Crippen LogP contribution in [0.4, 0.5) is 14.9 Å². The number of hydrogen-bond donors (Lipinski definition) is 2. The van der Waals surface area contributed by atoms with Crippen LogP contribution < -0.4 is 10.6 Å². The molecule has 1 atom stereocenters. The van der Waals surface area contributed by atoms with Gasteiger partial charge in [-0.2, -0.15) is 0 Å². The highest BCUT2D eigenvalue weighted by Gasteiger charge is 2.30. The molecule has 0 aliphatic carbocycles. The van der Waals surface area contributed by atoms with Gasteiger partial charge in [-0.1, -0.05) is 6.07 Å². The molecule has 3 rings (SSSR count). The molecule has 2 saturated heterocycles. The SMILES string of the molecule is Cc1ccc(NC(=O)NC2CCN(C(=O)C3CCCOC3)CC2)cc1F. The molecule has 2 aliphatic rings. The lowest BCUT2D eigenvalue weighted by molar-refractivity contribution is -0.140. The van der Waals surface area contributed by atoms with E-state index in [0.29, 0.717) is 30.9 Å². The number of amides is 3. The Morgan fingerprint density at radius 1 is 1.23 bits per heavy atom. The molecule has 1 aromatic rings. The number of carbonyl (C=O) groups excluding carboxylic acids is 2. The van der Waals surface area contributed by atoms with E-state index in [1.807, 2.05) is 4.90 Å². The number of anilines is 1. The zero-order valence-corrected chi connectivity index (χ0v) is 15.1. The van der Waals surface area contributed by atoms with Gasteiger partial charge in [0.05, 0.1) is 12.5 Å². The molecular formula is C19H26FN3O3. The smallest absolute Gasteiger partial charge is 0.319 e. The fraction of sp³-hybridized carbons (Fsp3) is 0.579. The van der Waals surface area contributed by atoms with Gasteiger partial charge in [-0.05, 0) is 50.3 Å². The summed E-state index contributed by atoms with van der Waals surface area (Å²) in [5, 5.41) is 5.56. The van der Waals surface area contributed by atoms with Crippen LogP contribution in [0.25, 0.3) is 0 Å². The first-order valence-electron chi connectivity index (χ1n) is 9.23. The first kappa shape index (κ1) is 18.6. The van der Waals surface area contributed by atoms with Crippen molar-refractivity contribution in [1.29, 1.82) is 0 Å². The Kier molecular flexibility index (Phi) is 6.08. The molecule has 26 heavy (non-hydrogen) atoms. The van der Waals surface area contributed by atoms with Crippen LogP contribution in [0, 0.1) is 18.7 Å². The molecule has 2 N–H and O–H groups in total. The number of nitrogens with one attached hydrogen (secondary N) is 2. The van der Waals surface area contributed by atoms with Crippen molar-refractivity contribution in [1.82, 2.24) is 10.2 Å². The Morgan fingerprint density at radius 3 is 2.65 bits per heavy atom. The first-order chi connectivity index (χ1) is 12.5. The van der Waals surface area contributed by atoms with E-state index in [4.69, 9.17) is 4.74 Å². The van der Waals surface area contributed by atoms with Crippen molar-refractivity contribution >= 4 is 17.6 Å². The van der Waals surface area contributed by atoms with Crippen LogP contribution in [0.3, 0.4) is 0 Å². The highest BCUT2D eigenvalue weighted by Crippen LogP contribution is 2.20. The molecule has 2 heterocycles. The summed E-state index contributed by atoms with van der Waals surface area (Å²) in [5.41, 5.74) is 0.965. The highest BCUT2D eigenvalue weighted by atomic mass is 19.1. The normalized spacial score (nSPS) is 21.3. The summed E-state index contributed by atoms with van der Waals surface area (Å²) in [5.74, 6) is -0.197. The van der Waals surface area contributed by atoms with Crippen LogP contribution in [0.5, 0.6) is 0 Å². The number of halogens is 1. The lowest BCUT2D eigenvalue weighted by atomic mass is 9.98. The lowest BCUT2D eigenvalue weighted by Gasteiger charge is -2.35. The fourth-order valence-corrected chi connectivity index (χ4v) is 3.46. The summed E-state index contributed by atoms with van der Waals surface area (Å²) in [4.78, 5) is 26.5. The van der Waals surface area contributed by atoms with Crippen LogP contribution in [0.15, 0.2) is 18.2 Å². The van der Waals surface area contributed by atoms with E-state index in [0.717, 1.165) is 32.3 Å². The summed E-state index contributed by atoms with van der Waals surface area (Å²) in [6.45, 7) is 4.22. The van der Waals surface area contributed by atoms with Crippen molar-refractivity contribution in [3.63, 3.8) is 0 Å². The van der Waals surface area contributed by atoms with E-state index in [9.17, 15) is 14.0 Å². The second kappa shape index (κ2) is 8.49. The van der Waals surface area contributed by atoms with Crippen LogP contribution in [-0.4, -0.2) is 49.2 Å². The Hall–Kier alpha value is -2.15. The molecule has 0 spiro atoms. The summed E-state index contributed by atoms with van der Waals surface area (Å²) < 4.78 is 18.9. The van der Waals surface area contributed by atoms with Gasteiger partial charge in [-0.15, -0.1) is 0 Å². The van der Waals surface area contributed by atoms with Gasteiger partial charge in [-0.25, -0.2) is 9.18 Å². The van der Waals surface area contributed by atoms with E-state index < -0.39 is 0 Å². The molecule has 142 valence electrons. The maximum Gasteiger partial charge on any atom is 0.319 e. The third kappa shape index (κ3) is 4.72. The maximum atomic E-state index is 13.5. The predicted octanol–water partition coefficient (Wildman–Crippen LogP) is 2.67. The van der Waals surface area contributed by atoms with Gasteiger partial charge in [0.2, 0.25) is 5.91 Å². The number of piperidine rings is 1. The second-order valence-electron chi connectivity index (χ2n) is 7.08. The molecule has 2 aliphatic heterocycles. The molecule has 7 heteroatoms. The zero-order valence-electron chi connectivity index (χ0n) is 15.1. The fourth-order valence-electron chi connectivity index (χ4n) is 3.46. The second-order valence-corrected chi connectivity index (χ2v) is 7.08. The molecule has 1 aromatic carbocycles. The molecule has 0 aromatic heterocycles. The number of likely N-dealkylation sites (tertiary alicyclic amines) is 1. The third-order valence-corrected chi connectivity index (χ3v) is 5.08. The quantitative estimate of drug-likeness (QED) is 0.867. The molecule has 6 nitrogen and oxygen atoms in total. The van der Waals surface area contributed by atoms with Gasteiger partial charge < -0.3 is 20.3 Å². The van der Waals surface area contributed by atoms with Gasteiger partial charge >= 0.3 is 6.03 Å². The van der Waals surface area contributed by atoms with Gasteiger partial charge in [0, 0.05) is 31.4 Å². The van der Waals surface area contributed by atoms with Crippen molar-refractivity contribution in [2.24, 2.45) is 5.92 Å². The molecule has 0 bridgehead atoms. The average molecular weight is 363 g/mol. The number of ether oxygens (including phenoxy) is 1. The number of carbonyl (C=O) groups is 2. The average Bonchev–Trinajstić information content (AvgIpc) is 2.65. The monoisotopic (exact) mass is 363 g/mol. The summed E-state index contributed by atoms with van der Waals surface area (Å²) in [6, 6.07) is 4.27. The van der Waals surface area contributed by atoms with Crippen molar-refractivity contribution in [2.75, 3.05) is 31.6 Å². The predicted molar refractivity (Wildman–Crippen MR) is 96.4 cm³/mol. The number of aryl methyl sites for hydroxylation is 1. The van der Waals surface area contributed by atoms with E-state index in [1.165, 1.54) is 6.07 Å². The van der Waals surface area contributed by atoms with Crippen molar-refractivity contribution in [2.45, 2.75) is 38.6 Å². The Balaban J connectivity index is 1.43. The van der Waals surface area contributed by atoms with E-state index in [-0.39, 0.29) is 29.7 Å². The van der Waals surface area contributed by atoms with Crippen molar-refractivity contribution in [3.05, 3.63) is 29.6 Å². The Bertz CT molecular complexity index is 653. The molecule has 2 fully saturated rings. The molecule has 0 radical (unpaired) electrons. The minimum Gasteiger partial charge on any atom is -0.381 e. The van der Waals surface area contributed by atoms with Gasteiger partial charge in [0.15, 0.2) is 0 Å². The first-order valence-corrected chi connectivity index (χ1v) is 9.23. The minimum absolute atomic E-state index is 0.0111. The molecular weight excluding hydrogens is 337 g/mol. The minimum atomic E-state index is -0.348. The number of nitrogens with zero attached hydrogens (tertiary/aromatic N) is 1. The van der Waals surface area contributed by atoms with Crippen LogP contribution in [-0.2, 0) is 9.53 Å². The van der Waals surface area contributed by atoms with Gasteiger partial charge in [0.1, 0.15) is 5.82 Å². The molecule has 1 unspecified atom stereocenters. The third-order valence-electron chi connectivity index (χ3n) is 5.08. The van der Waals surface area contributed by atoms with Crippen molar-refractivity contribution in [3.8, 4) is 0 Å². The molecule has 3 amide bonds. The van der Waals surface area contributed by atoms with E-state index >= 15 is 0 Å². The number of urea groups is 1. The zero-order chi connectivity index (χ0) is 18.5. The van der Waals surface area contributed by atoms with E-state index in [1.54, 1.807) is 19.1 Å². The summed E-state index contributed by atoms with van der Waals surface area (Å²) >= 11 is 0. The standard InChI is InChI=1S/C19H26FN3O3/c1-13-4-5-16(11-17(13)20)22-19(25)21-15-6-8-23(9-7-15)18(24)14-3-2-10-26-12-14/h4-5,11,14-15H,2-3,6-10,12H2,1H3,(H2,21,22,25).